The highest BCUT2D eigenvalue weighted by atomic mass is 31.2. The van der Waals surface area contributed by atoms with Gasteiger partial charge in [0.2, 0.25) is 0 Å². The maximum Gasteiger partial charge on any atom is 0.472 e. The number of hydrogen-bond donors (Lipinski definition) is 1. The van der Waals surface area contributed by atoms with E-state index in [1.54, 1.807) is 0 Å². The number of allylic oxidation sites excluding steroid dienone is 6. The zero-order valence-electron chi connectivity index (χ0n) is 53.8. The fraction of sp³-hybridized carbons (Fsp3) is 0.886. The molecule has 0 amide bonds. The molecule has 0 aliphatic rings. The average Bonchev–Trinajstić information content (AvgIpc) is 3.42. The van der Waals surface area contributed by atoms with Crippen LogP contribution >= 0.6 is 7.82 Å². The van der Waals surface area contributed by atoms with Gasteiger partial charge in [0.25, 0.3) is 0 Å². The second-order valence-corrected chi connectivity index (χ2v) is 26.4. The van der Waals surface area contributed by atoms with Crippen molar-refractivity contribution in [3.8, 4) is 0 Å². The lowest BCUT2D eigenvalue weighted by Gasteiger charge is -2.24. The first-order valence-corrected chi connectivity index (χ1v) is 36.2. The molecular formula is C70H135NO8P+. The van der Waals surface area contributed by atoms with Crippen LogP contribution in [0.15, 0.2) is 36.5 Å². The van der Waals surface area contributed by atoms with E-state index in [2.05, 4.69) is 50.3 Å². The molecule has 0 heterocycles. The van der Waals surface area contributed by atoms with Gasteiger partial charge in [-0.15, -0.1) is 0 Å². The van der Waals surface area contributed by atoms with Crippen molar-refractivity contribution < 1.29 is 42.1 Å². The average molecular weight is 1150 g/mol. The highest BCUT2D eigenvalue weighted by Gasteiger charge is 2.27. The number of carbonyl (C=O) groups excluding carboxylic acids is 2. The molecule has 10 heteroatoms. The minimum absolute atomic E-state index is 0.0331. The van der Waals surface area contributed by atoms with Crippen LogP contribution in [0.4, 0.5) is 0 Å². The van der Waals surface area contributed by atoms with Crippen molar-refractivity contribution >= 4 is 19.8 Å². The monoisotopic (exact) mass is 1150 g/mol. The molecule has 0 aliphatic heterocycles. The Labute approximate surface area is 497 Å². The Bertz CT molecular complexity index is 1440. The maximum absolute atomic E-state index is 12.8. The molecular weight excluding hydrogens is 1010 g/mol. The first-order valence-electron chi connectivity index (χ1n) is 34.7. The number of quaternary nitrogens is 1. The van der Waals surface area contributed by atoms with E-state index < -0.39 is 26.5 Å². The molecule has 9 nitrogen and oxygen atoms in total. The topological polar surface area (TPSA) is 108 Å². The number of hydrogen-bond acceptors (Lipinski definition) is 7. The Morgan fingerprint density at radius 3 is 1.00 bits per heavy atom. The van der Waals surface area contributed by atoms with E-state index in [9.17, 15) is 19.0 Å². The lowest BCUT2D eigenvalue weighted by atomic mass is 10.0. The van der Waals surface area contributed by atoms with Gasteiger partial charge < -0.3 is 18.9 Å². The summed E-state index contributed by atoms with van der Waals surface area (Å²) in [6, 6.07) is 0. The predicted molar refractivity (Wildman–Crippen MR) is 344 cm³/mol. The first-order chi connectivity index (χ1) is 39.0. The first kappa shape index (κ1) is 78.2. The zero-order chi connectivity index (χ0) is 58.4. The van der Waals surface area contributed by atoms with Crippen molar-refractivity contribution in [2.24, 2.45) is 0 Å². The number of rotatable bonds is 65. The van der Waals surface area contributed by atoms with Gasteiger partial charge in [0.15, 0.2) is 6.10 Å². The van der Waals surface area contributed by atoms with Crippen molar-refractivity contribution in [1.82, 2.24) is 0 Å². The molecule has 1 N–H and O–H groups in total. The SMILES string of the molecule is CCCCCCC/C=C\C/C=C\CCCCCCCCCCCCCCCCCCCCCCCCCCCCCCCC(=O)OC(COC(=O)CCCCCCC/C=C\CCCCCCCC)COP(=O)(O)OCC[N+](C)(C)C. The molecule has 0 aromatic rings. The standard InChI is InChI=1S/C70H134NO8P/c1-6-8-10-12-14-16-18-20-22-23-24-25-26-27-28-29-30-31-32-33-34-35-36-37-38-39-40-41-42-43-44-45-46-47-49-51-53-55-57-59-61-63-70(73)79-68(67-78-80(74,75)77-65-64-71(3,4)5)66-76-69(72)62-60-58-56-54-52-50-48-21-19-17-15-13-11-9-7-2/h18,20-21,23-24,48,68H,6-17,19,22,25-47,49-67H2,1-5H3/p+1/b20-18-,24-23-,48-21-. The molecule has 0 radical (unpaired) electrons. The van der Waals surface area contributed by atoms with Crippen LogP contribution in [0, 0.1) is 0 Å². The summed E-state index contributed by atoms with van der Waals surface area (Å²) in [5, 5.41) is 0. The molecule has 0 aliphatic carbocycles. The summed E-state index contributed by atoms with van der Waals surface area (Å²) in [7, 11) is 1.49. The summed E-state index contributed by atoms with van der Waals surface area (Å²) >= 11 is 0. The summed E-state index contributed by atoms with van der Waals surface area (Å²) in [4.78, 5) is 35.7. The maximum atomic E-state index is 12.8. The highest BCUT2D eigenvalue weighted by Crippen LogP contribution is 2.43. The van der Waals surface area contributed by atoms with Crippen molar-refractivity contribution in [3.05, 3.63) is 36.5 Å². The number of phosphoric ester groups is 1. The van der Waals surface area contributed by atoms with E-state index >= 15 is 0 Å². The molecule has 80 heavy (non-hydrogen) atoms. The third-order valence-electron chi connectivity index (χ3n) is 15.6. The zero-order valence-corrected chi connectivity index (χ0v) is 54.7. The summed E-state index contributed by atoms with van der Waals surface area (Å²) in [6.45, 7) is 4.46. The van der Waals surface area contributed by atoms with Gasteiger partial charge in [-0.25, -0.2) is 4.57 Å². The van der Waals surface area contributed by atoms with Gasteiger partial charge in [0, 0.05) is 12.8 Å². The molecule has 0 bridgehead atoms. The van der Waals surface area contributed by atoms with Crippen molar-refractivity contribution in [3.63, 3.8) is 0 Å². The number of unbranched alkanes of at least 4 members (excludes halogenated alkanes) is 45. The fourth-order valence-electron chi connectivity index (χ4n) is 10.3. The van der Waals surface area contributed by atoms with Gasteiger partial charge in [0.05, 0.1) is 27.7 Å². The van der Waals surface area contributed by atoms with Gasteiger partial charge in [-0.05, 0) is 70.6 Å². The van der Waals surface area contributed by atoms with Crippen LogP contribution in [0.25, 0.3) is 0 Å². The van der Waals surface area contributed by atoms with E-state index in [4.69, 9.17) is 18.5 Å². The number of carbonyl (C=O) groups is 2. The molecule has 0 fully saturated rings. The van der Waals surface area contributed by atoms with Crippen LogP contribution < -0.4 is 0 Å². The minimum Gasteiger partial charge on any atom is -0.462 e. The summed E-state index contributed by atoms with van der Waals surface area (Å²) in [5.41, 5.74) is 0. The van der Waals surface area contributed by atoms with Crippen molar-refractivity contribution in [2.45, 2.75) is 354 Å². The molecule has 0 rings (SSSR count). The Kier molecular flexibility index (Phi) is 60.4. The number of likely N-dealkylation sites (N-methyl/N-ethyl adjacent to an activating group) is 1. The van der Waals surface area contributed by atoms with Crippen molar-refractivity contribution in [2.75, 3.05) is 47.5 Å². The third-order valence-corrected chi connectivity index (χ3v) is 16.6. The van der Waals surface area contributed by atoms with Gasteiger partial charge in [0.1, 0.15) is 19.8 Å². The molecule has 0 spiro atoms. The molecule has 0 aromatic heterocycles. The summed E-state index contributed by atoms with van der Waals surface area (Å²) in [5.74, 6) is -0.790. The number of nitrogens with zero attached hydrogens (tertiary/aromatic N) is 1. The van der Waals surface area contributed by atoms with Crippen LogP contribution in [0.3, 0.4) is 0 Å². The lowest BCUT2D eigenvalue weighted by molar-refractivity contribution is -0.870. The number of phosphoric acid groups is 1. The molecule has 472 valence electrons. The van der Waals surface area contributed by atoms with Crippen LogP contribution in [-0.4, -0.2) is 74.9 Å². The predicted octanol–water partition coefficient (Wildman–Crippen LogP) is 22.3. The summed E-state index contributed by atoms with van der Waals surface area (Å²) < 4.78 is 34.6. The second-order valence-electron chi connectivity index (χ2n) is 24.9. The van der Waals surface area contributed by atoms with E-state index in [1.807, 2.05) is 21.1 Å². The number of esters is 2. The van der Waals surface area contributed by atoms with Gasteiger partial charge in [-0.2, -0.15) is 0 Å². The Balaban J connectivity index is 3.84. The van der Waals surface area contributed by atoms with Gasteiger partial charge in [-0.1, -0.05) is 301 Å². The van der Waals surface area contributed by atoms with Crippen LogP contribution in [0.2, 0.25) is 0 Å². The largest absolute Gasteiger partial charge is 0.472 e. The Morgan fingerprint density at radius 1 is 0.388 bits per heavy atom. The minimum atomic E-state index is -4.39. The van der Waals surface area contributed by atoms with E-state index in [1.165, 1.54) is 257 Å². The van der Waals surface area contributed by atoms with Crippen LogP contribution in [-0.2, 0) is 32.7 Å². The molecule has 0 saturated carbocycles. The lowest BCUT2D eigenvalue weighted by Crippen LogP contribution is -2.37. The van der Waals surface area contributed by atoms with Crippen molar-refractivity contribution in [1.29, 1.82) is 0 Å². The van der Waals surface area contributed by atoms with E-state index in [0.717, 1.165) is 57.8 Å². The highest BCUT2D eigenvalue weighted by molar-refractivity contribution is 7.47. The molecule has 2 atom stereocenters. The normalized spacial score (nSPS) is 13.3. The number of ether oxygens (including phenoxy) is 2. The van der Waals surface area contributed by atoms with Crippen LogP contribution in [0.5, 0.6) is 0 Å². The molecule has 0 saturated heterocycles. The fourth-order valence-corrected chi connectivity index (χ4v) is 11.0. The molecule has 0 aromatic carbocycles. The Hall–Kier alpha value is -1.77. The third kappa shape index (κ3) is 65.4. The second kappa shape index (κ2) is 61.8. The van der Waals surface area contributed by atoms with Gasteiger partial charge in [-0.3, -0.25) is 18.6 Å². The van der Waals surface area contributed by atoms with Crippen LogP contribution in [0.1, 0.15) is 348 Å². The Morgan fingerprint density at radius 2 is 0.675 bits per heavy atom. The van der Waals surface area contributed by atoms with E-state index in [0.29, 0.717) is 17.4 Å². The smallest absolute Gasteiger partial charge is 0.462 e. The van der Waals surface area contributed by atoms with Gasteiger partial charge >= 0.3 is 19.8 Å². The molecule has 2 unspecified atom stereocenters. The quantitative estimate of drug-likeness (QED) is 0.0211. The summed E-state index contributed by atoms with van der Waals surface area (Å²) in [6.07, 6.45) is 78.5. The van der Waals surface area contributed by atoms with E-state index in [-0.39, 0.29) is 32.0 Å².